The van der Waals surface area contributed by atoms with Crippen molar-refractivity contribution in [1.82, 2.24) is 15.5 Å². The fraction of sp³-hybridized carbons (Fsp3) is 0.833. The van der Waals surface area contributed by atoms with Crippen molar-refractivity contribution < 1.29 is 9.47 Å². The highest BCUT2D eigenvalue weighted by Crippen LogP contribution is 2.18. The molecule has 0 fully saturated rings. The molecule has 0 aliphatic rings. The number of hydrogen-bond donors (Lipinski definition) is 1. The van der Waals surface area contributed by atoms with Crippen LogP contribution in [-0.4, -0.2) is 37.1 Å². The summed E-state index contributed by atoms with van der Waals surface area (Å²) >= 11 is 1.50. The van der Waals surface area contributed by atoms with Gasteiger partial charge in [-0.05, 0) is 18.8 Å². The maximum atomic E-state index is 5.56. The molecule has 0 saturated heterocycles. The Morgan fingerprint density at radius 1 is 1.28 bits per heavy atom. The van der Waals surface area contributed by atoms with Crippen molar-refractivity contribution in [1.29, 1.82) is 0 Å². The lowest BCUT2D eigenvalue weighted by Crippen LogP contribution is -2.18. The lowest BCUT2D eigenvalue weighted by molar-refractivity contribution is 0.199. The van der Waals surface area contributed by atoms with E-state index in [4.69, 9.17) is 9.47 Å². The van der Waals surface area contributed by atoms with Crippen LogP contribution in [0.15, 0.2) is 0 Å². The van der Waals surface area contributed by atoms with Gasteiger partial charge in [-0.25, -0.2) is 0 Å². The van der Waals surface area contributed by atoms with E-state index in [0.717, 1.165) is 37.0 Å². The molecule has 5 nitrogen and oxygen atoms in total. The average molecular weight is 273 g/mol. The van der Waals surface area contributed by atoms with Gasteiger partial charge in [0.05, 0.1) is 13.2 Å². The minimum atomic E-state index is 0.669. The van der Waals surface area contributed by atoms with Crippen LogP contribution in [0.3, 0.4) is 0 Å². The molecule has 1 rings (SSSR count). The highest BCUT2D eigenvalue weighted by atomic mass is 32.1. The van der Waals surface area contributed by atoms with Gasteiger partial charge in [-0.1, -0.05) is 25.2 Å². The Morgan fingerprint density at radius 2 is 2.11 bits per heavy atom. The van der Waals surface area contributed by atoms with Crippen LogP contribution < -0.4 is 10.1 Å². The van der Waals surface area contributed by atoms with Crippen molar-refractivity contribution >= 4 is 11.3 Å². The molecule has 0 atom stereocenters. The Morgan fingerprint density at radius 3 is 2.83 bits per heavy atom. The minimum absolute atomic E-state index is 0.669. The molecule has 0 bridgehead atoms. The molecule has 6 heteroatoms. The van der Waals surface area contributed by atoms with E-state index >= 15 is 0 Å². The van der Waals surface area contributed by atoms with Crippen LogP contribution in [0.1, 0.15) is 31.7 Å². The second-order valence-corrected chi connectivity index (χ2v) is 5.54. The molecule has 0 spiro atoms. The third-order valence-corrected chi connectivity index (χ3v) is 3.19. The molecule has 0 saturated carbocycles. The van der Waals surface area contributed by atoms with Gasteiger partial charge in [0.1, 0.15) is 5.01 Å². The van der Waals surface area contributed by atoms with Gasteiger partial charge in [-0.3, -0.25) is 0 Å². The number of methoxy groups -OCH3 is 1. The van der Waals surface area contributed by atoms with Gasteiger partial charge >= 0.3 is 0 Å². The Hall–Kier alpha value is -0.720. The first-order valence-corrected chi connectivity index (χ1v) is 7.19. The summed E-state index contributed by atoms with van der Waals surface area (Å²) in [6.07, 6.45) is 2.25. The van der Waals surface area contributed by atoms with Gasteiger partial charge in [0.15, 0.2) is 0 Å². The first-order valence-electron chi connectivity index (χ1n) is 6.37. The third kappa shape index (κ3) is 6.88. The normalized spacial score (nSPS) is 11.1. The molecule has 1 aromatic rings. The topological polar surface area (TPSA) is 56.3 Å². The predicted molar refractivity (Wildman–Crippen MR) is 73.1 cm³/mol. The number of ether oxygens (including phenoxy) is 2. The van der Waals surface area contributed by atoms with Crippen molar-refractivity contribution in [3.63, 3.8) is 0 Å². The molecule has 0 aliphatic heterocycles. The van der Waals surface area contributed by atoms with Gasteiger partial charge in [0.25, 0.3) is 5.19 Å². The van der Waals surface area contributed by atoms with E-state index in [9.17, 15) is 0 Å². The molecule has 104 valence electrons. The Labute approximate surface area is 113 Å². The first kappa shape index (κ1) is 15.3. The minimum Gasteiger partial charge on any atom is -0.469 e. The zero-order chi connectivity index (χ0) is 13.2. The second-order valence-electron chi connectivity index (χ2n) is 4.52. The van der Waals surface area contributed by atoms with Crippen LogP contribution in [0, 0.1) is 5.92 Å². The van der Waals surface area contributed by atoms with E-state index in [1.165, 1.54) is 17.8 Å². The van der Waals surface area contributed by atoms with Crippen LogP contribution >= 0.6 is 11.3 Å². The number of nitrogens with zero attached hydrogens (tertiary/aromatic N) is 2. The molecule has 18 heavy (non-hydrogen) atoms. The molecule has 0 aromatic carbocycles. The molecule has 0 aliphatic carbocycles. The average Bonchev–Trinajstić information content (AvgIpc) is 2.78. The summed E-state index contributed by atoms with van der Waals surface area (Å²) in [5, 5.41) is 12.9. The van der Waals surface area contributed by atoms with E-state index in [0.29, 0.717) is 11.8 Å². The van der Waals surface area contributed by atoms with Crippen molar-refractivity contribution in [2.75, 3.05) is 26.9 Å². The number of aromatic nitrogens is 2. The monoisotopic (exact) mass is 273 g/mol. The Bertz CT molecular complexity index is 318. The largest absolute Gasteiger partial charge is 0.469 e. The maximum Gasteiger partial charge on any atom is 0.294 e. The van der Waals surface area contributed by atoms with Crippen LogP contribution in [0.2, 0.25) is 0 Å². The highest BCUT2D eigenvalue weighted by molar-refractivity contribution is 7.13. The summed E-state index contributed by atoms with van der Waals surface area (Å²) in [6.45, 7) is 7.40. The molecule has 1 heterocycles. The summed E-state index contributed by atoms with van der Waals surface area (Å²) in [5.74, 6) is 0.726. The summed E-state index contributed by atoms with van der Waals surface area (Å²) in [6, 6.07) is 0. The standard InChI is InChI=1S/C12H23N3O2S/c1-10(2)5-4-7-17-12-15-14-11(18-12)9-13-6-8-16-3/h10,13H,4-9H2,1-3H3. The molecule has 0 unspecified atom stereocenters. The van der Waals surface area contributed by atoms with Crippen molar-refractivity contribution in [2.45, 2.75) is 33.2 Å². The van der Waals surface area contributed by atoms with Crippen LogP contribution in [0.4, 0.5) is 0 Å². The van der Waals surface area contributed by atoms with E-state index in [2.05, 4.69) is 29.4 Å². The zero-order valence-corrected chi connectivity index (χ0v) is 12.3. The summed E-state index contributed by atoms with van der Waals surface area (Å²) in [7, 11) is 1.69. The van der Waals surface area contributed by atoms with Gasteiger partial charge in [0, 0.05) is 20.2 Å². The number of rotatable bonds is 10. The SMILES string of the molecule is COCCNCc1nnc(OCCCC(C)C)s1. The summed E-state index contributed by atoms with van der Waals surface area (Å²) in [5.41, 5.74) is 0. The van der Waals surface area contributed by atoms with Crippen molar-refractivity contribution in [3.8, 4) is 5.19 Å². The molecular formula is C12H23N3O2S. The Balaban J connectivity index is 2.13. The van der Waals surface area contributed by atoms with Crippen LogP contribution in [-0.2, 0) is 11.3 Å². The zero-order valence-electron chi connectivity index (χ0n) is 11.4. The van der Waals surface area contributed by atoms with Gasteiger partial charge in [-0.2, -0.15) is 0 Å². The molecule has 0 radical (unpaired) electrons. The first-order chi connectivity index (χ1) is 8.72. The summed E-state index contributed by atoms with van der Waals surface area (Å²) in [4.78, 5) is 0. The predicted octanol–water partition coefficient (Wildman–Crippen LogP) is 2.09. The van der Waals surface area contributed by atoms with Crippen LogP contribution in [0.25, 0.3) is 0 Å². The molecular weight excluding hydrogens is 250 g/mol. The molecule has 1 aromatic heterocycles. The molecule has 1 N–H and O–H groups in total. The van der Waals surface area contributed by atoms with Crippen LogP contribution in [0.5, 0.6) is 5.19 Å². The quantitative estimate of drug-likeness (QED) is 0.662. The highest BCUT2D eigenvalue weighted by Gasteiger charge is 2.04. The fourth-order valence-electron chi connectivity index (χ4n) is 1.39. The smallest absolute Gasteiger partial charge is 0.294 e. The van der Waals surface area contributed by atoms with Gasteiger partial charge in [-0.15, -0.1) is 10.2 Å². The lowest BCUT2D eigenvalue weighted by Gasteiger charge is -2.03. The maximum absolute atomic E-state index is 5.56. The summed E-state index contributed by atoms with van der Waals surface area (Å²) < 4.78 is 10.5. The van der Waals surface area contributed by atoms with Crippen molar-refractivity contribution in [3.05, 3.63) is 5.01 Å². The van der Waals surface area contributed by atoms with Gasteiger partial charge < -0.3 is 14.8 Å². The fourth-order valence-corrected chi connectivity index (χ4v) is 2.07. The second kappa shape index (κ2) is 9.24. The number of nitrogens with one attached hydrogen (secondary N) is 1. The van der Waals surface area contributed by atoms with E-state index in [1.54, 1.807) is 7.11 Å². The van der Waals surface area contributed by atoms with E-state index < -0.39 is 0 Å². The number of hydrogen-bond acceptors (Lipinski definition) is 6. The third-order valence-electron chi connectivity index (χ3n) is 2.36. The Kier molecular flexibility index (Phi) is 7.88. The van der Waals surface area contributed by atoms with Crippen molar-refractivity contribution in [2.24, 2.45) is 5.92 Å². The molecule has 0 amide bonds. The van der Waals surface area contributed by atoms with E-state index in [-0.39, 0.29) is 0 Å². The lowest BCUT2D eigenvalue weighted by atomic mass is 10.1. The van der Waals surface area contributed by atoms with Gasteiger partial charge in [0.2, 0.25) is 0 Å². The van der Waals surface area contributed by atoms with E-state index in [1.807, 2.05) is 0 Å².